The average Bonchev–Trinajstić information content (AvgIpc) is 2.98. The monoisotopic (exact) mass is 366 g/mol. The van der Waals surface area contributed by atoms with E-state index in [4.69, 9.17) is 17.0 Å². The predicted molar refractivity (Wildman–Crippen MR) is 108 cm³/mol. The van der Waals surface area contributed by atoms with E-state index in [0.29, 0.717) is 17.2 Å². The van der Waals surface area contributed by atoms with E-state index >= 15 is 0 Å². The molecule has 5 nitrogen and oxygen atoms in total. The van der Waals surface area contributed by atoms with Gasteiger partial charge in [-0.05, 0) is 80.4 Å². The van der Waals surface area contributed by atoms with E-state index in [2.05, 4.69) is 48.2 Å². The number of benzene rings is 2. The van der Waals surface area contributed by atoms with Gasteiger partial charge in [0.2, 0.25) is 4.77 Å². The Morgan fingerprint density at radius 1 is 1.15 bits per heavy atom. The molecule has 6 heteroatoms. The van der Waals surface area contributed by atoms with Crippen molar-refractivity contribution in [3.05, 3.63) is 63.4 Å². The number of aromatic nitrogens is 3. The summed E-state index contributed by atoms with van der Waals surface area (Å²) in [6.45, 7) is 8.81. The molecule has 2 aromatic carbocycles. The third-order valence-electron chi connectivity index (χ3n) is 4.27. The highest BCUT2D eigenvalue weighted by Crippen LogP contribution is 2.28. The summed E-state index contributed by atoms with van der Waals surface area (Å²) in [6, 6.07) is 12.0. The van der Waals surface area contributed by atoms with Crippen molar-refractivity contribution in [1.82, 2.24) is 14.9 Å². The van der Waals surface area contributed by atoms with Crippen LogP contribution in [0.2, 0.25) is 0 Å². The fourth-order valence-electron chi connectivity index (χ4n) is 2.75. The highest BCUT2D eigenvalue weighted by Gasteiger charge is 2.13. The fraction of sp³-hybridized carbons (Fsp3) is 0.250. The van der Waals surface area contributed by atoms with Gasteiger partial charge in [-0.2, -0.15) is 14.9 Å². The zero-order chi connectivity index (χ0) is 18.7. The van der Waals surface area contributed by atoms with E-state index in [-0.39, 0.29) is 0 Å². The Kier molecular flexibility index (Phi) is 5.32. The Bertz CT molecular complexity index is 1020. The zero-order valence-corrected chi connectivity index (χ0v) is 16.2. The summed E-state index contributed by atoms with van der Waals surface area (Å²) < 4.78 is 7.77. The van der Waals surface area contributed by atoms with Crippen LogP contribution in [0, 0.1) is 25.5 Å². The van der Waals surface area contributed by atoms with Gasteiger partial charge in [0, 0.05) is 0 Å². The lowest BCUT2D eigenvalue weighted by Gasteiger charge is -2.09. The second-order valence-electron chi connectivity index (χ2n) is 6.13. The van der Waals surface area contributed by atoms with E-state index < -0.39 is 0 Å². The van der Waals surface area contributed by atoms with Crippen molar-refractivity contribution in [3.63, 3.8) is 0 Å². The molecule has 0 fully saturated rings. The van der Waals surface area contributed by atoms with Crippen LogP contribution >= 0.6 is 12.2 Å². The molecule has 0 saturated carbocycles. The number of hydrogen-bond acceptors (Lipinski definition) is 4. The van der Waals surface area contributed by atoms with Gasteiger partial charge in [0.25, 0.3) is 0 Å². The van der Waals surface area contributed by atoms with E-state index in [1.807, 2.05) is 37.4 Å². The molecule has 3 aromatic rings. The largest absolute Gasteiger partial charge is 0.493 e. The second-order valence-corrected chi connectivity index (χ2v) is 6.52. The molecule has 1 aromatic heterocycles. The maximum atomic E-state index is 5.71. The molecule has 1 N–H and O–H groups in total. The smallest absolute Gasteiger partial charge is 0.216 e. The van der Waals surface area contributed by atoms with Gasteiger partial charge < -0.3 is 4.74 Å². The second kappa shape index (κ2) is 7.66. The van der Waals surface area contributed by atoms with Crippen LogP contribution in [0.25, 0.3) is 11.4 Å². The molecule has 26 heavy (non-hydrogen) atoms. The van der Waals surface area contributed by atoms with Crippen LogP contribution < -0.4 is 4.74 Å². The average molecular weight is 366 g/mol. The topological polar surface area (TPSA) is 55.2 Å². The van der Waals surface area contributed by atoms with Gasteiger partial charge in [-0.3, -0.25) is 0 Å². The number of rotatable bonds is 5. The first-order valence-corrected chi connectivity index (χ1v) is 8.94. The summed E-state index contributed by atoms with van der Waals surface area (Å²) in [7, 11) is 0. The lowest BCUT2D eigenvalue weighted by atomic mass is 10.0. The zero-order valence-electron chi connectivity index (χ0n) is 15.4. The first-order valence-electron chi connectivity index (χ1n) is 8.53. The minimum absolute atomic E-state index is 0.434. The molecule has 0 aliphatic heterocycles. The summed E-state index contributed by atoms with van der Waals surface area (Å²) >= 11 is 5.37. The summed E-state index contributed by atoms with van der Waals surface area (Å²) in [4.78, 5) is 0. The number of H-pyrrole nitrogens is 1. The minimum atomic E-state index is 0.434. The number of nitrogens with zero attached hydrogens (tertiary/aromatic N) is 3. The summed E-state index contributed by atoms with van der Waals surface area (Å²) in [5.41, 5.74) is 5.57. The molecule has 0 unspecified atom stereocenters. The van der Waals surface area contributed by atoms with Crippen LogP contribution in [0.4, 0.5) is 0 Å². The summed E-state index contributed by atoms with van der Waals surface area (Å²) in [5, 5.41) is 11.8. The predicted octanol–water partition coefficient (Wildman–Crippen LogP) is 4.81. The van der Waals surface area contributed by atoms with E-state index in [9.17, 15) is 0 Å². The molecule has 0 bridgehead atoms. The maximum absolute atomic E-state index is 5.71. The van der Waals surface area contributed by atoms with E-state index in [0.717, 1.165) is 16.9 Å². The third-order valence-corrected chi connectivity index (χ3v) is 4.54. The normalized spacial score (nSPS) is 11.2. The molecule has 0 saturated heterocycles. The van der Waals surface area contributed by atoms with Crippen LogP contribution in [0.3, 0.4) is 0 Å². The number of hydrogen-bond donors (Lipinski definition) is 1. The highest BCUT2D eigenvalue weighted by molar-refractivity contribution is 7.71. The number of para-hydroxylation sites is 1. The molecule has 0 radical (unpaired) electrons. The molecular weight excluding hydrogens is 344 g/mol. The lowest BCUT2D eigenvalue weighted by Crippen LogP contribution is -2.00. The SMILES string of the molecule is CCOc1ccccc1-c1n[nH]c(=S)n1/N=C\c1cc(C)c(C)cc1C. The van der Waals surface area contributed by atoms with Crippen LogP contribution in [-0.2, 0) is 0 Å². The van der Waals surface area contributed by atoms with Crippen LogP contribution in [0.1, 0.15) is 29.2 Å². The van der Waals surface area contributed by atoms with Gasteiger partial charge in [0.15, 0.2) is 5.82 Å². The highest BCUT2D eigenvalue weighted by atomic mass is 32.1. The standard InChI is InChI=1S/C20H22N4OS/c1-5-25-18-9-7-6-8-17(18)19-22-23-20(26)24(19)21-12-16-11-14(3)13(2)10-15(16)4/h6-12H,5H2,1-4H3,(H,23,26)/b21-12-. The van der Waals surface area contributed by atoms with Gasteiger partial charge in [0.05, 0.1) is 18.4 Å². The first kappa shape index (κ1) is 18.1. The van der Waals surface area contributed by atoms with Crippen molar-refractivity contribution in [2.45, 2.75) is 27.7 Å². The fourth-order valence-corrected chi connectivity index (χ4v) is 2.93. The summed E-state index contributed by atoms with van der Waals surface area (Å²) in [5.74, 6) is 1.37. The molecule has 1 heterocycles. The lowest BCUT2D eigenvalue weighted by molar-refractivity contribution is 0.341. The molecule has 0 spiro atoms. The third kappa shape index (κ3) is 3.60. The number of aromatic amines is 1. The first-order chi connectivity index (χ1) is 12.5. The van der Waals surface area contributed by atoms with Gasteiger partial charge in [-0.25, -0.2) is 5.10 Å². The van der Waals surface area contributed by atoms with Gasteiger partial charge in [-0.1, -0.05) is 18.2 Å². The number of ether oxygens (including phenoxy) is 1. The van der Waals surface area contributed by atoms with Crippen LogP contribution in [-0.4, -0.2) is 27.7 Å². The van der Waals surface area contributed by atoms with E-state index in [1.54, 1.807) is 4.68 Å². The number of nitrogens with one attached hydrogen (secondary N) is 1. The van der Waals surface area contributed by atoms with Crippen molar-refractivity contribution < 1.29 is 4.74 Å². The quantitative estimate of drug-likeness (QED) is 0.520. The Balaban J connectivity index is 2.05. The molecular formula is C20H22N4OS. The van der Waals surface area contributed by atoms with Gasteiger partial charge in [-0.15, -0.1) is 0 Å². The van der Waals surface area contributed by atoms with Gasteiger partial charge >= 0.3 is 0 Å². The minimum Gasteiger partial charge on any atom is -0.493 e. The van der Waals surface area contributed by atoms with Gasteiger partial charge in [0.1, 0.15) is 5.75 Å². The van der Waals surface area contributed by atoms with Crippen molar-refractivity contribution in [1.29, 1.82) is 0 Å². The summed E-state index contributed by atoms with van der Waals surface area (Å²) in [6.07, 6.45) is 1.82. The van der Waals surface area contributed by atoms with E-state index in [1.165, 1.54) is 16.7 Å². The Morgan fingerprint density at radius 3 is 2.65 bits per heavy atom. The molecule has 0 amide bonds. The maximum Gasteiger partial charge on any atom is 0.216 e. The number of aryl methyl sites for hydroxylation is 3. The molecule has 3 rings (SSSR count). The van der Waals surface area contributed by atoms with Crippen molar-refractivity contribution >= 4 is 18.4 Å². The van der Waals surface area contributed by atoms with Crippen molar-refractivity contribution in [2.24, 2.45) is 5.10 Å². The molecule has 0 aliphatic rings. The van der Waals surface area contributed by atoms with Crippen molar-refractivity contribution in [3.8, 4) is 17.1 Å². The van der Waals surface area contributed by atoms with Crippen molar-refractivity contribution in [2.75, 3.05) is 6.61 Å². The van der Waals surface area contributed by atoms with Crippen LogP contribution in [0.15, 0.2) is 41.5 Å². The molecule has 0 atom stereocenters. The Hall–Kier alpha value is -2.73. The molecule has 134 valence electrons. The van der Waals surface area contributed by atoms with Crippen LogP contribution in [0.5, 0.6) is 5.75 Å². The Morgan fingerprint density at radius 2 is 1.88 bits per heavy atom. The Labute approximate surface area is 158 Å². The molecule has 0 aliphatic carbocycles.